The van der Waals surface area contributed by atoms with Crippen LogP contribution in [0.2, 0.25) is 0 Å². The quantitative estimate of drug-likeness (QED) is 0.744. The van der Waals surface area contributed by atoms with Crippen molar-refractivity contribution in [3.63, 3.8) is 0 Å². The van der Waals surface area contributed by atoms with Crippen LogP contribution in [0.4, 0.5) is 0 Å². The number of benzene rings is 1. The van der Waals surface area contributed by atoms with E-state index in [-0.39, 0.29) is 0 Å². The maximum absolute atomic E-state index is 11.6. The van der Waals surface area contributed by atoms with Crippen LogP contribution >= 0.6 is 0 Å². The third kappa shape index (κ3) is 1.95. The molecule has 1 aromatic carbocycles. The van der Waals surface area contributed by atoms with Gasteiger partial charge in [-0.2, -0.15) is 0 Å². The van der Waals surface area contributed by atoms with Crippen LogP contribution in [0.15, 0.2) is 36.7 Å². The molecule has 1 atom stereocenters. The van der Waals surface area contributed by atoms with Crippen LogP contribution in [0.3, 0.4) is 0 Å². The highest BCUT2D eigenvalue weighted by molar-refractivity contribution is 5.87. The number of ketones is 1. The minimum atomic E-state index is 0.405. The Morgan fingerprint density at radius 2 is 2.18 bits per heavy atom. The molecule has 0 amide bonds. The highest BCUT2D eigenvalue weighted by Gasteiger charge is 2.22. The fourth-order valence-electron chi connectivity index (χ4n) is 2.79. The molecule has 1 unspecified atom stereocenters. The van der Waals surface area contributed by atoms with E-state index in [9.17, 15) is 4.79 Å². The fourth-order valence-corrected chi connectivity index (χ4v) is 2.79. The number of Topliss-reactive ketones (excluding diaryl/α,β-unsaturated/α-hetero) is 1. The Morgan fingerprint density at radius 3 is 3.06 bits per heavy atom. The van der Waals surface area contributed by atoms with Crippen molar-refractivity contribution in [1.29, 1.82) is 0 Å². The van der Waals surface area contributed by atoms with E-state index in [1.54, 1.807) is 0 Å². The van der Waals surface area contributed by atoms with Crippen LogP contribution in [0.1, 0.15) is 37.2 Å². The van der Waals surface area contributed by atoms with Crippen molar-refractivity contribution in [3.05, 3.63) is 42.2 Å². The van der Waals surface area contributed by atoms with Crippen molar-refractivity contribution in [2.45, 2.75) is 31.6 Å². The number of rotatable bonds is 1. The monoisotopic (exact) mass is 225 g/mol. The Labute approximate surface area is 101 Å². The van der Waals surface area contributed by atoms with E-state index in [1.165, 1.54) is 16.3 Å². The van der Waals surface area contributed by atoms with Crippen LogP contribution in [-0.4, -0.2) is 10.8 Å². The third-order valence-electron chi connectivity index (χ3n) is 3.64. The third-order valence-corrected chi connectivity index (χ3v) is 3.64. The second-order valence-corrected chi connectivity index (χ2v) is 4.78. The van der Waals surface area contributed by atoms with Gasteiger partial charge in [-0.25, -0.2) is 0 Å². The standard InChI is InChI=1S/C15H15NO/c17-13-5-1-3-11(9-13)14-6-2-4-12-10-16-8-7-15(12)14/h2,4,6-8,10-11H,1,3,5,9H2. The lowest BCUT2D eigenvalue weighted by Gasteiger charge is -2.22. The molecule has 86 valence electrons. The Morgan fingerprint density at radius 1 is 1.24 bits per heavy atom. The molecular weight excluding hydrogens is 210 g/mol. The molecule has 2 aromatic rings. The zero-order chi connectivity index (χ0) is 11.7. The fraction of sp³-hybridized carbons (Fsp3) is 0.333. The Balaban J connectivity index is 2.07. The van der Waals surface area contributed by atoms with E-state index in [0.29, 0.717) is 18.1 Å². The molecule has 1 heterocycles. The summed E-state index contributed by atoms with van der Waals surface area (Å²) in [5, 5.41) is 2.42. The number of carbonyl (C=O) groups is 1. The molecule has 0 N–H and O–H groups in total. The van der Waals surface area contributed by atoms with E-state index < -0.39 is 0 Å². The van der Waals surface area contributed by atoms with Crippen LogP contribution < -0.4 is 0 Å². The molecule has 0 spiro atoms. The summed E-state index contributed by atoms with van der Waals surface area (Å²) in [6.07, 6.45) is 7.36. The maximum Gasteiger partial charge on any atom is 0.133 e. The van der Waals surface area contributed by atoms with Gasteiger partial charge in [0.1, 0.15) is 5.78 Å². The minimum Gasteiger partial charge on any atom is -0.300 e. The van der Waals surface area contributed by atoms with Gasteiger partial charge >= 0.3 is 0 Å². The van der Waals surface area contributed by atoms with Gasteiger partial charge in [0.05, 0.1) is 0 Å². The highest BCUT2D eigenvalue weighted by atomic mass is 16.1. The second-order valence-electron chi connectivity index (χ2n) is 4.78. The van der Waals surface area contributed by atoms with Crippen LogP contribution in [0.25, 0.3) is 10.8 Å². The SMILES string of the molecule is O=C1CCCC(c2cccc3cnccc23)C1. The largest absolute Gasteiger partial charge is 0.300 e. The Kier molecular flexibility index (Phi) is 2.63. The van der Waals surface area contributed by atoms with Crippen molar-refractivity contribution >= 4 is 16.6 Å². The summed E-state index contributed by atoms with van der Waals surface area (Å²) >= 11 is 0. The van der Waals surface area contributed by atoms with Gasteiger partial charge in [0, 0.05) is 30.6 Å². The van der Waals surface area contributed by atoms with Gasteiger partial charge in [0.15, 0.2) is 0 Å². The summed E-state index contributed by atoms with van der Waals surface area (Å²) in [7, 11) is 0. The lowest BCUT2D eigenvalue weighted by Crippen LogP contribution is -2.13. The average Bonchev–Trinajstić information content (AvgIpc) is 2.38. The molecule has 2 nitrogen and oxygen atoms in total. The van der Waals surface area contributed by atoms with Gasteiger partial charge in [0.25, 0.3) is 0 Å². The molecule has 0 radical (unpaired) electrons. The van der Waals surface area contributed by atoms with Gasteiger partial charge in [-0.1, -0.05) is 18.2 Å². The molecule has 2 heteroatoms. The summed E-state index contributed by atoms with van der Waals surface area (Å²) in [5.41, 5.74) is 1.32. The van der Waals surface area contributed by atoms with E-state index >= 15 is 0 Å². The average molecular weight is 225 g/mol. The van der Waals surface area contributed by atoms with E-state index in [4.69, 9.17) is 0 Å². The van der Waals surface area contributed by atoms with Crippen molar-refractivity contribution in [2.24, 2.45) is 0 Å². The number of fused-ring (bicyclic) bond motifs is 1. The molecule has 1 fully saturated rings. The molecule has 0 bridgehead atoms. The number of pyridine rings is 1. The first-order chi connectivity index (χ1) is 8.34. The van der Waals surface area contributed by atoms with Crippen LogP contribution in [-0.2, 0) is 4.79 Å². The number of aromatic nitrogens is 1. The summed E-state index contributed by atoms with van der Waals surface area (Å²) in [5.74, 6) is 0.814. The predicted molar refractivity (Wildman–Crippen MR) is 68.0 cm³/mol. The second kappa shape index (κ2) is 4.28. The minimum absolute atomic E-state index is 0.405. The van der Waals surface area contributed by atoms with Gasteiger partial charge in [-0.3, -0.25) is 9.78 Å². The number of carbonyl (C=O) groups excluding carboxylic acids is 1. The first-order valence-electron chi connectivity index (χ1n) is 6.19. The van der Waals surface area contributed by atoms with E-state index in [2.05, 4.69) is 29.2 Å². The maximum atomic E-state index is 11.6. The highest BCUT2D eigenvalue weighted by Crippen LogP contribution is 2.34. The molecule has 1 aliphatic rings. The molecule has 1 saturated carbocycles. The summed E-state index contributed by atoms with van der Waals surface area (Å²) < 4.78 is 0. The van der Waals surface area contributed by atoms with E-state index in [0.717, 1.165) is 19.3 Å². The van der Waals surface area contributed by atoms with Crippen molar-refractivity contribution in [2.75, 3.05) is 0 Å². The van der Waals surface area contributed by atoms with Crippen LogP contribution in [0.5, 0.6) is 0 Å². The predicted octanol–water partition coefficient (Wildman–Crippen LogP) is 3.46. The first kappa shape index (κ1) is 10.5. The van der Waals surface area contributed by atoms with E-state index in [1.807, 2.05) is 12.4 Å². The van der Waals surface area contributed by atoms with Crippen molar-refractivity contribution in [1.82, 2.24) is 4.98 Å². The van der Waals surface area contributed by atoms with Gasteiger partial charge in [-0.15, -0.1) is 0 Å². The summed E-state index contributed by atoms with van der Waals surface area (Å²) in [6, 6.07) is 8.37. The normalized spacial score (nSPS) is 20.7. The van der Waals surface area contributed by atoms with Gasteiger partial charge in [-0.05, 0) is 35.8 Å². The zero-order valence-electron chi connectivity index (χ0n) is 9.73. The van der Waals surface area contributed by atoms with Crippen LogP contribution in [0, 0.1) is 0 Å². The zero-order valence-corrected chi connectivity index (χ0v) is 9.73. The number of nitrogens with zero attached hydrogens (tertiary/aromatic N) is 1. The van der Waals surface area contributed by atoms with Crippen molar-refractivity contribution < 1.29 is 4.79 Å². The number of hydrogen-bond acceptors (Lipinski definition) is 2. The van der Waals surface area contributed by atoms with Gasteiger partial charge < -0.3 is 0 Å². The molecule has 0 saturated heterocycles. The van der Waals surface area contributed by atoms with Gasteiger partial charge in [0.2, 0.25) is 0 Å². The topological polar surface area (TPSA) is 30.0 Å². The Bertz CT molecular complexity index is 556. The lowest BCUT2D eigenvalue weighted by atomic mass is 9.82. The van der Waals surface area contributed by atoms with Crippen molar-refractivity contribution in [3.8, 4) is 0 Å². The Hall–Kier alpha value is -1.70. The molecule has 3 rings (SSSR count). The smallest absolute Gasteiger partial charge is 0.133 e. The number of hydrogen-bond donors (Lipinski definition) is 0. The molecular formula is C15H15NO. The lowest BCUT2D eigenvalue weighted by molar-refractivity contribution is -0.120. The first-order valence-corrected chi connectivity index (χ1v) is 6.19. The summed E-state index contributed by atoms with van der Waals surface area (Å²) in [4.78, 5) is 15.7. The molecule has 0 aliphatic heterocycles. The summed E-state index contributed by atoms with van der Waals surface area (Å²) in [6.45, 7) is 0. The molecule has 1 aromatic heterocycles. The molecule has 17 heavy (non-hydrogen) atoms. The molecule has 1 aliphatic carbocycles.